The van der Waals surface area contributed by atoms with Gasteiger partial charge in [0.25, 0.3) is 0 Å². The van der Waals surface area contributed by atoms with E-state index in [1.165, 1.54) is 19.2 Å². The molecule has 0 amide bonds. The van der Waals surface area contributed by atoms with Crippen LogP contribution in [0.2, 0.25) is 0 Å². The lowest BCUT2D eigenvalue weighted by atomic mass is 10.2. The molecule has 0 aliphatic rings. The van der Waals surface area contributed by atoms with E-state index in [2.05, 4.69) is 4.74 Å². The van der Waals surface area contributed by atoms with Gasteiger partial charge in [-0.25, -0.2) is 21.6 Å². The Morgan fingerprint density at radius 3 is 2.30 bits per heavy atom. The fourth-order valence-corrected chi connectivity index (χ4v) is 3.43. The Hall–Kier alpha value is -2.40. The number of rotatable bonds is 7. The van der Waals surface area contributed by atoms with Gasteiger partial charge in [0, 0.05) is 13.6 Å². The first-order valence-electron chi connectivity index (χ1n) is 7.29. The van der Waals surface area contributed by atoms with Crippen LogP contribution < -0.4 is 9.47 Å². The number of hydrogen-bond acceptors (Lipinski definition) is 4. The summed E-state index contributed by atoms with van der Waals surface area (Å²) in [5.41, 5.74) is 0.294. The first-order chi connectivity index (χ1) is 12.6. The zero-order valence-electron chi connectivity index (χ0n) is 14.0. The predicted octanol–water partition coefficient (Wildman–Crippen LogP) is 3.53. The fraction of sp³-hybridized carbons (Fsp3) is 0.250. The van der Waals surface area contributed by atoms with Crippen molar-refractivity contribution in [3.63, 3.8) is 0 Å². The van der Waals surface area contributed by atoms with Gasteiger partial charge in [-0.05, 0) is 29.8 Å². The molecule has 148 valence electrons. The van der Waals surface area contributed by atoms with Crippen LogP contribution in [0, 0.1) is 17.5 Å². The molecular formula is C16H14F5NO4S. The summed E-state index contributed by atoms with van der Waals surface area (Å²) in [6.45, 7) is -3.41. The van der Waals surface area contributed by atoms with Crippen LogP contribution in [0.1, 0.15) is 5.56 Å². The molecule has 0 aliphatic heterocycles. The number of nitrogens with zero attached hydrogens (tertiary/aromatic N) is 1. The Morgan fingerprint density at radius 2 is 1.70 bits per heavy atom. The Kier molecular flexibility index (Phi) is 6.26. The maximum atomic E-state index is 13.8. The molecule has 0 aliphatic carbocycles. The summed E-state index contributed by atoms with van der Waals surface area (Å²) >= 11 is 0. The van der Waals surface area contributed by atoms with Crippen molar-refractivity contribution in [3.05, 3.63) is 53.3 Å². The summed E-state index contributed by atoms with van der Waals surface area (Å²) in [6, 6.07) is 4.82. The third-order valence-electron chi connectivity index (χ3n) is 3.54. The molecule has 0 saturated carbocycles. The maximum Gasteiger partial charge on any atom is 0.387 e. The van der Waals surface area contributed by atoms with Crippen molar-refractivity contribution in [2.75, 3.05) is 14.2 Å². The Balaban J connectivity index is 2.31. The molecule has 11 heteroatoms. The number of benzene rings is 2. The average Bonchev–Trinajstić information content (AvgIpc) is 2.60. The smallest absolute Gasteiger partial charge is 0.387 e. The number of methoxy groups -OCH3 is 1. The summed E-state index contributed by atoms with van der Waals surface area (Å²) in [7, 11) is -2.20. The van der Waals surface area contributed by atoms with E-state index in [9.17, 15) is 30.4 Å². The second kappa shape index (κ2) is 8.09. The number of halogens is 5. The van der Waals surface area contributed by atoms with Crippen LogP contribution in [0.3, 0.4) is 0 Å². The minimum atomic E-state index is -4.50. The molecule has 2 aromatic rings. The van der Waals surface area contributed by atoms with Gasteiger partial charge >= 0.3 is 6.61 Å². The molecule has 5 nitrogen and oxygen atoms in total. The van der Waals surface area contributed by atoms with E-state index in [4.69, 9.17) is 4.74 Å². The molecule has 0 aromatic heterocycles. The number of ether oxygens (including phenoxy) is 2. The lowest BCUT2D eigenvalue weighted by Gasteiger charge is -2.19. The van der Waals surface area contributed by atoms with Crippen molar-refractivity contribution >= 4 is 10.0 Å². The molecule has 0 unspecified atom stereocenters. The van der Waals surface area contributed by atoms with Crippen LogP contribution in [-0.2, 0) is 16.6 Å². The maximum absolute atomic E-state index is 13.8. The zero-order valence-corrected chi connectivity index (χ0v) is 14.9. The van der Waals surface area contributed by atoms with E-state index in [0.717, 1.165) is 13.1 Å². The van der Waals surface area contributed by atoms with Gasteiger partial charge in [0.05, 0.1) is 7.11 Å². The predicted molar refractivity (Wildman–Crippen MR) is 84.6 cm³/mol. The van der Waals surface area contributed by atoms with Crippen LogP contribution in [0.4, 0.5) is 22.0 Å². The number of hydrogen-bond donors (Lipinski definition) is 0. The summed E-state index contributed by atoms with van der Waals surface area (Å²) in [5, 5.41) is 0. The molecule has 2 aromatic carbocycles. The van der Waals surface area contributed by atoms with Gasteiger partial charge in [0.15, 0.2) is 29.0 Å². The SMILES string of the molecule is COc1cc(CN(C)S(=O)(=O)c2ccc(F)c(F)c2F)ccc1OC(F)F. The average molecular weight is 411 g/mol. The van der Waals surface area contributed by atoms with Gasteiger partial charge in [-0.3, -0.25) is 0 Å². The fourth-order valence-electron chi connectivity index (χ4n) is 2.22. The van der Waals surface area contributed by atoms with Gasteiger partial charge in [-0.1, -0.05) is 6.07 Å². The standard InChI is InChI=1S/C16H14F5NO4S/c1-22(27(23,24)13-6-4-10(17)14(18)15(13)19)8-9-3-5-11(26-16(20)21)12(7-9)25-2/h3-7,16H,8H2,1-2H3. The van der Waals surface area contributed by atoms with Crippen LogP contribution in [0.5, 0.6) is 11.5 Å². The number of alkyl halides is 2. The van der Waals surface area contributed by atoms with Crippen molar-refractivity contribution < 1.29 is 39.8 Å². The molecular weight excluding hydrogens is 397 g/mol. The molecule has 0 saturated heterocycles. The van der Waals surface area contributed by atoms with E-state index in [1.807, 2.05) is 0 Å². The quantitative estimate of drug-likeness (QED) is 0.517. The lowest BCUT2D eigenvalue weighted by molar-refractivity contribution is -0.0512. The zero-order chi connectivity index (χ0) is 20.4. The summed E-state index contributed by atoms with van der Waals surface area (Å²) in [4.78, 5) is -1.03. The minimum absolute atomic E-state index is 0.0717. The molecule has 0 spiro atoms. The van der Waals surface area contributed by atoms with Gasteiger partial charge in [-0.15, -0.1) is 0 Å². The summed E-state index contributed by atoms with van der Waals surface area (Å²) in [5.74, 6) is -5.58. The molecule has 2 rings (SSSR count). The molecule has 0 heterocycles. The van der Waals surface area contributed by atoms with Crippen molar-refractivity contribution in [2.24, 2.45) is 0 Å². The van der Waals surface area contributed by atoms with Crippen LogP contribution >= 0.6 is 0 Å². The largest absolute Gasteiger partial charge is 0.493 e. The molecule has 0 N–H and O–H groups in total. The van der Waals surface area contributed by atoms with Crippen molar-refractivity contribution in [1.29, 1.82) is 0 Å². The second-order valence-corrected chi connectivity index (χ2v) is 7.31. The highest BCUT2D eigenvalue weighted by Gasteiger charge is 2.28. The van der Waals surface area contributed by atoms with Crippen molar-refractivity contribution in [1.82, 2.24) is 4.31 Å². The second-order valence-electron chi connectivity index (χ2n) is 5.30. The number of sulfonamides is 1. The van der Waals surface area contributed by atoms with Gasteiger partial charge in [0.1, 0.15) is 4.90 Å². The third kappa shape index (κ3) is 4.48. The monoisotopic (exact) mass is 411 g/mol. The highest BCUT2D eigenvalue weighted by molar-refractivity contribution is 7.89. The Bertz CT molecular complexity index is 937. The molecule has 0 fully saturated rings. The van der Waals surface area contributed by atoms with Gasteiger partial charge < -0.3 is 9.47 Å². The topological polar surface area (TPSA) is 55.8 Å². The Labute approximate surface area is 152 Å². The van der Waals surface area contributed by atoms with Crippen LogP contribution in [-0.4, -0.2) is 33.5 Å². The van der Waals surface area contributed by atoms with Crippen LogP contribution in [0.15, 0.2) is 35.2 Å². The molecule has 0 bridgehead atoms. The van der Waals surface area contributed by atoms with Gasteiger partial charge in [-0.2, -0.15) is 13.1 Å². The minimum Gasteiger partial charge on any atom is -0.493 e. The van der Waals surface area contributed by atoms with Crippen molar-refractivity contribution in [3.8, 4) is 11.5 Å². The van der Waals surface area contributed by atoms with Gasteiger partial charge in [0.2, 0.25) is 10.0 Å². The first-order valence-corrected chi connectivity index (χ1v) is 8.73. The normalized spacial score (nSPS) is 11.9. The van der Waals surface area contributed by atoms with E-state index in [1.54, 1.807) is 0 Å². The van der Waals surface area contributed by atoms with E-state index in [-0.39, 0.29) is 18.0 Å². The lowest BCUT2D eigenvalue weighted by Crippen LogP contribution is -2.27. The molecule has 27 heavy (non-hydrogen) atoms. The highest BCUT2D eigenvalue weighted by atomic mass is 32.2. The third-order valence-corrected chi connectivity index (χ3v) is 5.36. The van der Waals surface area contributed by atoms with Crippen LogP contribution in [0.25, 0.3) is 0 Å². The van der Waals surface area contributed by atoms with E-state index < -0.39 is 39.0 Å². The first kappa shape index (κ1) is 20.9. The highest BCUT2D eigenvalue weighted by Crippen LogP contribution is 2.30. The van der Waals surface area contributed by atoms with Crippen molar-refractivity contribution in [2.45, 2.75) is 18.1 Å². The summed E-state index contributed by atoms with van der Waals surface area (Å²) < 4.78 is 99.5. The Morgan fingerprint density at radius 1 is 1.04 bits per heavy atom. The molecule has 0 atom stereocenters. The summed E-state index contributed by atoms with van der Waals surface area (Å²) in [6.07, 6.45) is 0. The van der Waals surface area contributed by atoms with E-state index >= 15 is 0 Å². The van der Waals surface area contributed by atoms with E-state index in [0.29, 0.717) is 22.0 Å². The molecule has 0 radical (unpaired) electrons.